The summed E-state index contributed by atoms with van der Waals surface area (Å²) in [6, 6.07) is 0.869. The maximum Gasteiger partial charge on any atom is 0.0694 e. The molecule has 1 aliphatic carbocycles. The summed E-state index contributed by atoms with van der Waals surface area (Å²) in [4.78, 5) is 0. The number of fused-ring (bicyclic) bond motifs is 1. The van der Waals surface area contributed by atoms with Crippen molar-refractivity contribution in [1.29, 1.82) is 0 Å². The van der Waals surface area contributed by atoms with Gasteiger partial charge in [-0.15, -0.1) is 0 Å². The monoisotopic (exact) mass is 277 g/mol. The number of aliphatic hydroxyl groups is 1. The van der Waals surface area contributed by atoms with E-state index in [0.29, 0.717) is 17.9 Å². The molecule has 0 amide bonds. The number of hydrogen-bond acceptors (Lipinski definition) is 2. The molecule has 2 fully saturated rings. The third-order valence-corrected chi connectivity index (χ3v) is 5.02. The lowest BCUT2D eigenvalue weighted by molar-refractivity contribution is 0.0249. The van der Waals surface area contributed by atoms with E-state index in [9.17, 15) is 5.11 Å². The fraction of sp³-hybridized carbons (Fsp3) is 0.778. The molecule has 0 unspecified atom stereocenters. The smallest absolute Gasteiger partial charge is 0.0694 e. The van der Waals surface area contributed by atoms with Crippen molar-refractivity contribution in [2.24, 2.45) is 11.8 Å². The van der Waals surface area contributed by atoms with Crippen molar-refractivity contribution < 1.29 is 5.11 Å². The first-order valence-electron chi connectivity index (χ1n) is 8.49. The Kier molecular flexibility index (Phi) is 6.31. The molecule has 5 atom stereocenters. The van der Waals surface area contributed by atoms with E-state index in [1.807, 2.05) is 0 Å². The molecule has 1 heterocycles. The molecule has 0 aromatic carbocycles. The first-order chi connectivity index (χ1) is 9.72. The van der Waals surface area contributed by atoms with E-state index in [0.717, 1.165) is 6.42 Å². The maximum atomic E-state index is 10.1. The van der Waals surface area contributed by atoms with Gasteiger partial charge < -0.3 is 10.4 Å². The highest BCUT2D eigenvalue weighted by atomic mass is 16.3. The summed E-state index contributed by atoms with van der Waals surface area (Å²) in [5, 5.41) is 13.7. The van der Waals surface area contributed by atoms with Crippen LogP contribution in [0.5, 0.6) is 0 Å². The minimum Gasteiger partial charge on any atom is -0.392 e. The molecule has 2 aliphatic rings. The van der Waals surface area contributed by atoms with Crippen LogP contribution in [-0.4, -0.2) is 23.3 Å². The second-order valence-corrected chi connectivity index (χ2v) is 6.58. The minimum absolute atomic E-state index is 0.176. The Morgan fingerprint density at radius 3 is 2.90 bits per heavy atom. The molecule has 2 N–H and O–H groups in total. The van der Waals surface area contributed by atoms with Crippen molar-refractivity contribution in [1.82, 2.24) is 5.32 Å². The lowest BCUT2D eigenvalue weighted by atomic mass is 9.70. The second-order valence-electron chi connectivity index (χ2n) is 6.58. The van der Waals surface area contributed by atoms with Crippen molar-refractivity contribution in [3.63, 3.8) is 0 Å². The summed E-state index contributed by atoms with van der Waals surface area (Å²) in [6.45, 7) is 4.34. The molecular formula is C18H31NO. The molecule has 0 radical (unpaired) electrons. The largest absolute Gasteiger partial charge is 0.392 e. The Hall–Kier alpha value is -0.600. The summed E-state index contributed by atoms with van der Waals surface area (Å²) in [6.07, 6.45) is 17.5. The number of unbranched alkanes of at least 4 members (excludes halogenated alkanes) is 2. The van der Waals surface area contributed by atoms with Crippen LogP contribution in [0.3, 0.4) is 0 Å². The van der Waals surface area contributed by atoms with Gasteiger partial charge in [0.2, 0.25) is 0 Å². The van der Waals surface area contributed by atoms with Gasteiger partial charge in [0.1, 0.15) is 0 Å². The molecule has 0 bridgehead atoms. The SMILES string of the molecule is CCCC/C=C/C=C/[C@@H]1CCC[C@H]2N[C@@H](C)[C@@H](O)C[C@@H]12. The number of aliphatic hydroxyl groups excluding tert-OH is 1. The number of allylic oxidation sites excluding steroid dienone is 4. The van der Waals surface area contributed by atoms with E-state index in [1.165, 1.54) is 38.5 Å². The Labute approximate surface area is 124 Å². The van der Waals surface area contributed by atoms with E-state index in [4.69, 9.17) is 0 Å². The summed E-state index contributed by atoms with van der Waals surface area (Å²) in [7, 11) is 0. The highest BCUT2D eigenvalue weighted by Crippen LogP contribution is 2.37. The predicted octanol–water partition coefficient (Wildman–Crippen LogP) is 3.82. The van der Waals surface area contributed by atoms with Gasteiger partial charge in [0.15, 0.2) is 0 Å². The van der Waals surface area contributed by atoms with Gasteiger partial charge in [-0.3, -0.25) is 0 Å². The summed E-state index contributed by atoms with van der Waals surface area (Å²) in [5.74, 6) is 1.26. The van der Waals surface area contributed by atoms with Crippen LogP contribution in [-0.2, 0) is 0 Å². The number of piperidine rings is 1. The van der Waals surface area contributed by atoms with Crippen LogP contribution < -0.4 is 5.32 Å². The molecule has 2 heteroatoms. The second kappa shape index (κ2) is 7.99. The van der Waals surface area contributed by atoms with Gasteiger partial charge in [0.05, 0.1) is 6.10 Å². The lowest BCUT2D eigenvalue weighted by Crippen LogP contribution is -2.56. The average molecular weight is 277 g/mol. The van der Waals surface area contributed by atoms with Gasteiger partial charge in [-0.2, -0.15) is 0 Å². The molecule has 20 heavy (non-hydrogen) atoms. The van der Waals surface area contributed by atoms with E-state index < -0.39 is 0 Å². The Morgan fingerprint density at radius 2 is 2.10 bits per heavy atom. The lowest BCUT2D eigenvalue weighted by Gasteiger charge is -2.45. The van der Waals surface area contributed by atoms with Gasteiger partial charge in [-0.25, -0.2) is 0 Å². The molecule has 0 aromatic rings. The van der Waals surface area contributed by atoms with Crippen LogP contribution in [0.25, 0.3) is 0 Å². The number of nitrogens with one attached hydrogen (secondary N) is 1. The summed E-state index contributed by atoms with van der Waals surface area (Å²) in [5.41, 5.74) is 0. The third-order valence-electron chi connectivity index (χ3n) is 5.02. The Balaban J connectivity index is 1.87. The quantitative estimate of drug-likeness (QED) is 0.591. The minimum atomic E-state index is -0.176. The molecule has 0 aromatic heterocycles. The zero-order valence-electron chi connectivity index (χ0n) is 13.1. The van der Waals surface area contributed by atoms with Gasteiger partial charge >= 0.3 is 0 Å². The normalized spacial score (nSPS) is 38.5. The van der Waals surface area contributed by atoms with E-state index in [2.05, 4.69) is 43.5 Å². The molecular weight excluding hydrogens is 246 g/mol. The van der Waals surface area contributed by atoms with Crippen LogP contribution >= 0.6 is 0 Å². The summed E-state index contributed by atoms with van der Waals surface area (Å²) < 4.78 is 0. The molecule has 1 saturated carbocycles. The van der Waals surface area contributed by atoms with Crippen LogP contribution in [0.15, 0.2) is 24.3 Å². The van der Waals surface area contributed by atoms with Crippen molar-refractivity contribution >= 4 is 0 Å². The van der Waals surface area contributed by atoms with Gasteiger partial charge in [-0.1, -0.05) is 50.5 Å². The maximum absolute atomic E-state index is 10.1. The van der Waals surface area contributed by atoms with E-state index >= 15 is 0 Å². The highest BCUT2D eigenvalue weighted by molar-refractivity contribution is 5.08. The van der Waals surface area contributed by atoms with Crippen LogP contribution in [0.2, 0.25) is 0 Å². The first-order valence-corrected chi connectivity index (χ1v) is 8.49. The molecule has 2 rings (SSSR count). The third kappa shape index (κ3) is 4.20. The van der Waals surface area contributed by atoms with Crippen molar-refractivity contribution in [2.75, 3.05) is 0 Å². The van der Waals surface area contributed by atoms with E-state index in [1.54, 1.807) is 0 Å². The highest BCUT2D eigenvalue weighted by Gasteiger charge is 2.38. The first kappa shape index (κ1) is 15.8. The average Bonchev–Trinajstić information content (AvgIpc) is 2.44. The standard InChI is InChI=1S/C18H31NO/c1-3-4-5-6-7-8-10-15-11-9-12-17-16(15)13-18(20)14(2)19-17/h6-8,10,14-20H,3-5,9,11-13H2,1-2H3/b7-6+,10-8+/t14-,15+,16-,17+,18-/m0/s1. The topological polar surface area (TPSA) is 32.3 Å². The van der Waals surface area contributed by atoms with Crippen molar-refractivity contribution in [3.8, 4) is 0 Å². The molecule has 2 nitrogen and oxygen atoms in total. The molecule has 1 saturated heterocycles. The van der Waals surface area contributed by atoms with Gasteiger partial charge in [0.25, 0.3) is 0 Å². The molecule has 114 valence electrons. The molecule has 1 aliphatic heterocycles. The van der Waals surface area contributed by atoms with Crippen LogP contribution in [0.4, 0.5) is 0 Å². The van der Waals surface area contributed by atoms with Crippen LogP contribution in [0.1, 0.15) is 58.8 Å². The fourth-order valence-corrected chi connectivity index (χ4v) is 3.72. The molecule has 0 spiro atoms. The predicted molar refractivity (Wildman–Crippen MR) is 85.6 cm³/mol. The van der Waals surface area contributed by atoms with Crippen molar-refractivity contribution in [2.45, 2.75) is 77.0 Å². The Morgan fingerprint density at radius 1 is 1.25 bits per heavy atom. The zero-order valence-corrected chi connectivity index (χ0v) is 13.1. The van der Waals surface area contributed by atoms with Gasteiger partial charge in [0, 0.05) is 12.1 Å². The van der Waals surface area contributed by atoms with Crippen LogP contribution in [0, 0.1) is 11.8 Å². The number of rotatable bonds is 5. The van der Waals surface area contributed by atoms with Crippen molar-refractivity contribution in [3.05, 3.63) is 24.3 Å². The number of hydrogen-bond donors (Lipinski definition) is 2. The van der Waals surface area contributed by atoms with Gasteiger partial charge in [-0.05, 0) is 44.4 Å². The van der Waals surface area contributed by atoms with E-state index in [-0.39, 0.29) is 12.1 Å². The zero-order chi connectivity index (χ0) is 14.4. The fourth-order valence-electron chi connectivity index (χ4n) is 3.72. The summed E-state index contributed by atoms with van der Waals surface area (Å²) >= 11 is 0. The Bertz CT molecular complexity index is 336.